The van der Waals surface area contributed by atoms with Gasteiger partial charge in [-0.3, -0.25) is 5.84 Å². The van der Waals surface area contributed by atoms with Crippen LogP contribution >= 0.6 is 0 Å². The number of hydrazine groups is 2. The van der Waals surface area contributed by atoms with Crippen LogP contribution in [0.3, 0.4) is 0 Å². The molecule has 0 aromatic heterocycles. The van der Waals surface area contributed by atoms with E-state index in [0.717, 1.165) is 0 Å². The van der Waals surface area contributed by atoms with Gasteiger partial charge in [0.2, 0.25) is 0 Å². The summed E-state index contributed by atoms with van der Waals surface area (Å²) in [6, 6.07) is 0. The molecule has 1 aliphatic rings. The predicted octanol–water partition coefficient (Wildman–Crippen LogP) is -1.71. The van der Waals surface area contributed by atoms with Crippen LogP contribution in [-0.2, 0) is 0 Å². The fourth-order valence-corrected chi connectivity index (χ4v) is 0.527. The molecule has 0 aromatic carbocycles. The molecular formula is C3H9N5. The highest BCUT2D eigenvalue weighted by Crippen LogP contribution is 1.86. The molecule has 0 bridgehead atoms. The van der Waals surface area contributed by atoms with Crippen molar-refractivity contribution in [2.24, 2.45) is 16.8 Å². The van der Waals surface area contributed by atoms with Gasteiger partial charge in [-0.25, -0.2) is 16.0 Å². The molecule has 0 saturated heterocycles. The lowest BCUT2D eigenvalue weighted by atomic mass is 10.6. The van der Waals surface area contributed by atoms with E-state index in [1.54, 1.807) is 11.2 Å². The Labute approximate surface area is 47.5 Å². The van der Waals surface area contributed by atoms with Crippen LogP contribution in [0.1, 0.15) is 0 Å². The van der Waals surface area contributed by atoms with E-state index in [0.29, 0.717) is 13.2 Å². The second-order valence-electron chi connectivity index (χ2n) is 1.65. The van der Waals surface area contributed by atoms with Crippen molar-refractivity contribution < 1.29 is 0 Å². The van der Waals surface area contributed by atoms with E-state index in [1.165, 1.54) is 5.12 Å². The summed E-state index contributed by atoms with van der Waals surface area (Å²) in [4.78, 5) is 0. The standard InChI is InChI=1S/C3H9N5/c4-7-2-1-6-8(5)3-7/h1H,2-5H2. The summed E-state index contributed by atoms with van der Waals surface area (Å²) < 4.78 is 0. The van der Waals surface area contributed by atoms with Crippen molar-refractivity contribution >= 4 is 6.21 Å². The highest BCUT2D eigenvalue weighted by molar-refractivity contribution is 5.59. The van der Waals surface area contributed by atoms with E-state index in [9.17, 15) is 0 Å². The molecule has 0 atom stereocenters. The van der Waals surface area contributed by atoms with Crippen molar-refractivity contribution in [3.8, 4) is 0 Å². The lowest BCUT2D eigenvalue weighted by Crippen LogP contribution is -2.47. The average Bonchev–Trinajstić information content (AvgIpc) is 1.64. The molecule has 1 aliphatic heterocycles. The molecule has 5 heteroatoms. The van der Waals surface area contributed by atoms with Crippen LogP contribution in [0.2, 0.25) is 0 Å². The third-order valence-corrected chi connectivity index (χ3v) is 0.873. The summed E-state index contributed by atoms with van der Waals surface area (Å²) in [6.45, 7) is 1.17. The molecule has 0 spiro atoms. The molecule has 46 valence electrons. The summed E-state index contributed by atoms with van der Waals surface area (Å²) in [5, 5.41) is 6.59. The zero-order valence-electron chi connectivity index (χ0n) is 4.49. The molecule has 0 amide bonds. The van der Waals surface area contributed by atoms with Crippen molar-refractivity contribution in [2.75, 3.05) is 13.2 Å². The minimum absolute atomic E-state index is 0.497. The van der Waals surface area contributed by atoms with Gasteiger partial charge in [-0.05, 0) is 0 Å². The summed E-state index contributed by atoms with van der Waals surface area (Å²) >= 11 is 0. The van der Waals surface area contributed by atoms with Gasteiger partial charge >= 0.3 is 0 Å². The maximum Gasteiger partial charge on any atom is 0.118 e. The number of hydrazone groups is 1. The fraction of sp³-hybridized carbons (Fsp3) is 0.667. The lowest BCUT2D eigenvalue weighted by Gasteiger charge is -2.23. The number of rotatable bonds is 0. The van der Waals surface area contributed by atoms with Crippen molar-refractivity contribution in [3.63, 3.8) is 0 Å². The third-order valence-electron chi connectivity index (χ3n) is 0.873. The van der Waals surface area contributed by atoms with Crippen LogP contribution in [0.25, 0.3) is 0 Å². The van der Waals surface area contributed by atoms with E-state index >= 15 is 0 Å². The van der Waals surface area contributed by atoms with Gasteiger partial charge in [-0.1, -0.05) is 0 Å². The Balaban J connectivity index is 2.42. The van der Waals surface area contributed by atoms with Gasteiger partial charge in [0.05, 0.1) is 6.54 Å². The van der Waals surface area contributed by atoms with E-state index in [2.05, 4.69) is 5.10 Å². The predicted molar refractivity (Wildman–Crippen MR) is 30.3 cm³/mol. The summed E-state index contributed by atoms with van der Waals surface area (Å²) in [5.41, 5.74) is 0. The zero-order valence-corrected chi connectivity index (χ0v) is 4.49. The third kappa shape index (κ3) is 1.16. The highest BCUT2D eigenvalue weighted by Gasteiger charge is 2.03. The summed E-state index contributed by atoms with van der Waals surface area (Å²) in [5.74, 6) is 10.6. The van der Waals surface area contributed by atoms with Crippen LogP contribution in [-0.4, -0.2) is 29.6 Å². The second-order valence-corrected chi connectivity index (χ2v) is 1.65. The Morgan fingerprint density at radius 1 is 1.50 bits per heavy atom. The first kappa shape index (κ1) is 5.49. The van der Waals surface area contributed by atoms with Gasteiger partial charge in [0.15, 0.2) is 0 Å². The molecule has 1 heterocycles. The van der Waals surface area contributed by atoms with Gasteiger partial charge in [0, 0.05) is 6.21 Å². The SMILES string of the molecule is NN1CC=NN(N)C1. The van der Waals surface area contributed by atoms with E-state index in [-0.39, 0.29) is 0 Å². The molecule has 0 unspecified atom stereocenters. The first-order chi connectivity index (χ1) is 3.79. The topological polar surface area (TPSA) is 70.9 Å². The first-order valence-electron chi connectivity index (χ1n) is 2.33. The van der Waals surface area contributed by atoms with Gasteiger partial charge in [0.1, 0.15) is 6.67 Å². The molecule has 5 nitrogen and oxygen atoms in total. The Morgan fingerprint density at radius 3 is 2.62 bits per heavy atom. The fourth-order valence-electron chi connectivity index (χ4n) is 0.527. The molecular weight excluding hydrogens is 106 g/mol. The van der Waals surface area contributed by atoms with E-state index in [1.807, 2.05) is 0 Å². The normalized spacial score (nSPS) is 22.0. The van der Waals surface area contributed by atoms with Gasteiger partial charge in [-0.2, -0.15) is 5.10 Å². The minimum atomic E-state index is 0.497. The summed E-state index contributed by atoms with van der Waals surface area (Å²) in [6.07, 6.45) is 1.66. The summed E-state index contributed by atoms with van der Waals surface area (Å²) in [7, 11) is 0. The van der Waals surface area contributed by atoms with Crippen LogP contribution in [0.4, 0.5) is 0 Å². The maximum atomic E-state index is 5.35. The average molecular weight is 115 g/mol. The van der Waals surface area contributed by atoms with E-state index in [4.69, 9.17) is 11.7 Å². The molecule has 1 rings (SSSR count). The lowest BCUT2D eigenvalue weighted by molar-refractivity contribution is 0.139. The molecule has 0 fully saturated rings. The van der Waals surface area contributed by atoms with Crippen molar-refractivity contribution in [1.82, 2.24) is 10.1 Å². The van der Waals surface area contributed by atoms with Crippen LogP contribution in [0.5, 0.6) is 0 Å². The molecule has 0 radical (unpaired) electrons. The monoisotopic (exact) mass is 115 g/mol. The highest BCUT2D eigenvalue weighted by atomic mass is 15.7. The van der Waals surface area contributed by atoms with Crippen molar-refractivity contribution in [2.45, 2.75) is 0 Å². The van der Waals surface area contributed by atoms with Crippen LogP contribution < -0.4 is 11.7 Å². The quantitative estimate of drug-likeness (QED) is 0.369. The molecule has 0 saturated carbocycles. The zero-order chi connectivity index (χ0) is 5.98. The molecule has 0 aliphatic carbocycles. The molecule has 8 heavy (non-hydrogen) atoms. The maximum absolute atomic E-state index is 5.35. The van der Waals surface area contributed by atoms with Gasteiger partial charge in [0.25, 0.3) is 0 Å². The van der Waals surface area contributed by atoms with Crippen molar-refractivity contribution in [3.05, 3.63) is 0 Å². The Hall–Kier alpha value is -0.650. The first-order valence-corrected chi connectivity index (χ1v) is 2.33. The Bertz CT molecular complexity index is 99.8. The van der Waals surface area contributed by atoms with Gasteiger partial charge < -0.3 is 0 Å². The van der Waals surface area contributed by atoms with Crippen LogP contribution in [0.15, 0.2) is 5.10 Å². The number of hydrogen-bond acceptors (Lipinski definition) is 5. The molecule has 4 N–H and O–H groups in total. The smallest absolute Gasteiger partial charge is 0.118 e. The Kier molecular flexibility index (Phi) is 1.43. The largest absolute Gasteiger partial charge is 0.267 e. The number of nitrogens with zero attached hydrogens (tertiary/aromatic N) is 3. The number of nitrogens with two attached hydrogens (primary N) is 2. The molecule has 0 aromatic rings. The number of hydrogen-bond donors (Lipinski definition) is 2. The van der Waals surface area contributed by atoms with Gasteiger partial charge in [-0.15, -0.1) is 0 Å². The Morgan fingerprint density at radius 2 is 2.25 bits per heavy atom. The second kappa shape index (κ2) is 2.08. The van der Waals surface area contributed by atoms with E-state index < -0.39 is 0 Å². The minimum Gasteiger partial charge on any atom is -0.267 e. The van der Waals surface area contributed by atoms with Crippen LogP contribution in [0, 0.1) is 0 Å². The van der Waals surface area contributed by atoms with Crippen molar-refractivity contribution in [1.29, 1.82) is 0 Å².